The number of halogens is 1. The first-order valence-electron chi connectivity index (χ1n) is 7.66. The number of hydrogen-bond acceptors (Lipinski definition) is 2. The molecule has 4 unspecified atom stereocenters. The third-order valence-electron chi connectivity index (χ3n) is 4.83. The molecule has 1 aromatic carbocycles. The lowest BCUT2D eigenvalue weighted by atomic mass is 9.73. The Morgan fingerprint density at radius 1 is 1.25 bits per heavy atom. The molecule has 1 nitrogen and oxygen atoms in total. The van der Waals surface area contributed by atoms with Gasteiger partial charge in [0.05, 0.1) is 5.02 Å². The molecule has 0 saturated heterocycles. The monoisotopic (exact) mass is 311 g/mol. The van der Waals surface area contributed by atoms with Crippen molar-refractivity contribution in [1.29, 1.82) is 0 Å². The van der Waals surface area contributed by atoms with Gasteiger partial charge >= 0.3 is 0 Å². The Morgan fingerprint density at radius 2 is 2.00 bits per heavy atom. The van der Waals surface area contributed by atoms with Crippen LogP contribution in [0.15, 0.2) is 29.2 Å². The molecule has 1 aliphatic rings. The summed E-state index contributed by atoms with van der Waals surface area (Å²) in [7, 11) is 2.10. The van der Waals surface area contributed by atoms with E-state index < -0.39 is 0 Å². The van der Waals surface area contributed by atoms with Crippen LogP contribution in [0.2, 0.25) is 5.02 Å². The van der Waals surface area contributed by atoms with Gasteiger partial charge in [0.25, 0.3) is 0 Å². The first-order chi connectivity index (χ1) is 9.61. The lowest BCUT2D eigenvalue weighted by Crippen LogP contribution is -2.39. The van der Waals surface area contributed by atoms with E-state index in [9.17, 15) is 0 Å². The van der Waals surface area contributed by atoms with Crippen molar-refractivity contribution in [2.45, 2.75) is 44.0 Å². The molecule has 2 rings (SSSR count). The molecule has 1 aliphatic carbocycles. The van der Waals surface area contributed by atoms with Gasteiger partial charge in [-0.2, -0.15) is 0 Å². The van der Waals surface area contributed by atoms with Crippen LogP contribution in [0.4, 0.5) is 0 Å². The van der Waals surface area contributed by atoms with Gasteiger partial charge in [-0.25, -0.2) is 0 Å². The first-order valence-corrected chi connectivity index (χ1v) is 9.02. The molecule has 0 radical (unpaired) electrons. The van der Waals surface area contributed by atoms with Crippen molar-refractivity contribution in [3.63, 3.8) is 0 Å². The van der Waals surface area contributed by atoms with Gasteiger partial charge in [0.2, 0.25) is 0 Å². The third-order valence-corrected chi connectivity index (χ3v) is 6.47. The minimum absolute atomic E-state index is 0.589. The fourth-order valence-electron chi connectivity index (χ4n) is 3.15. The second-order valence-corrected chi connectivity index (χ2v) is 7.63. The van der Waals surface area contributed by atoms with Gasteiger partial charge in [-0.1, -0.05) is 44.0 Å². The fourth-order valence-corrected chi connectivity index (χ4v) is 4.63. The quantitative estimate of drug-likeness (QED) is 0.760. The predicted molar refractivity (Wildman–Crippen MR) is 90.7 cm³/mol. The van der Waals surface area contributed by atoms with Crippen LogP contribution in [0.25, 0.3) is 0 Å². The summed E-state index contributed by atoms with van der Waals surface area (Å²) in [5.74, 6) is 3.66. The molecular formula is C17H26ClNS. The molecule has 1 saturated carbocycles. The highest BCUT2D eigenvalue weighted by Crippen LogP contribution is 2.37. The van der Waals surface area contributed by atoms with Crippen LogP contribution < -0.4 is 5.32 Å². The Balaban J connectivity index is 1.91. The van der Waals surface area contributed by atoms with Crippen LogP contribution in [-0.4, -0.2) is 18.8 Å². The molecule has 1 aromatic rings. The van der Waals surface area contributed by atoms with Crippen molar-refractivity contribution >= 4 is 23.4 Å². The SMILES string of the molecule is CNC(CSc1ccccc1Cl)C1CCC(C)C(C)C1. The average molecular weight is 312 g/mol. The van der Waals surface area contributed by atoms with Crippen molar-refractivity contribution in [2.75, 3.05) is 12.8 Å². The van der Waals surface area contributed by atoms with Crippen LogP contribution in [0.5, 0.6) is 0 Å². The maximum atomic E-state index is 6.24. The second-order valence-electron chi connectivity index (χ2n) is 6.16. The van der Waals surface area contributed by atoms with E-state index in [0.29, 0.717) is 6.04 Å². The normalized spacial score (nSPS) is 28.3. The van der Waals surface area contributed by atoms with Crippen molar-refractivity contribution in [3.05, 3.63) is 29.3 Å². The highest BCUT2D eigenvalue weighted by molar-refractivity contribution is 7.99. The average Bonchev–Trinajstić information content (AvgIpc) is 2.45. The van der Waals surface area contributed by atoms with E-state index in [4.69, 9.17) is 11.6 Å². The van der Waals surface area contributed by atoms with Gasteiger partial charge < -0.3 is 5.32 Å². The van der Waals surface area contributed by atoms with Crippen LogP contribution in [-0.2, 0) is 0 Å². The van der Waals surface area contributed by atoms with Gasteiger partial charge in [-0.3, -0.25) is 0 Å². The Bertz CT molecular complexity index is 423. The zero-order chi connectivity index (χ0) is 14.5. The summed E-state index contributed by atoms with van der Waals surface area (Å²) in [6.45, 7) is 4.80. The molecule has 0 amide bonds. The largest absolute Gasteiger partial charge is 0.316 e. The van der Waals surface area contributed by atoms with Gasteiger partial charge in [0.15, 0.2) is 0 Å². The standard InChI is InChI=1S/C17H26ClNS/c1-12-8-9-14(10-13(12)2)16(19-3)11-20-17-7-5-4-6-15(17)18/h4-7,12-14,16,19H,8-11H2,1-3H3. The Kier molecular flexibility index (Phi) is 6.25. The lowest BCUT2D eigenvalue weighted by Gasteiger charge is -2.36. The molecule has 0 bridgehead atoms. The third kappa shape index (κ3) is 4.16. The predicted octanol–water partition coefficient (Wildman–Crippen LogP) is 5.09. The van der Waals surface area contributed by atoms with Crippen LogP contribution in [0.3, 0.4) is 0 Å². The lowest BCUT2D eigenvalue weighted by molar-refractivity contribution is 0.181. The number of hydrogen-bond donors (Lipinski definition) is 1. The number of nitrogens with one attached hydrogen (secondary N) is 1. The maximum Gasteiger partial charge on any atom is 0.0541 e. The molecule has 4 atom stereocenters. The zero-order valence-corrected chi connectivity index (χ0v) is 14.3. The molecule has 112 valence electrons. The summed E-state index contributed by atoms with van der Waals surface area (Å²) in [5, 5.41) is 4.41. The number of benzene rings is 1. The Morgan fingerprint density at radius 3 is 2.65 bits per heavy atom. The highest BCUT2D eigenvalue weighted by Gasteiger charge is 2.29. The molecule has 1 N–H and O–H groups in total. The summed E-state index contributed by atoms with van der Waals surface area (Å²) in [6, 6.07) is 8.73. The number of thioether (sulfide) groups is 1. The van der Waals surface area contributed by atoms with Gasteiger partial charge in [0.1, 0.15) is 0 Å². The molecule has 1 fully saturated rings. The van der Waals surface area contributed by atoms with Crippen molar-refractivity contribution < 1.29 is 0 Å². The Hall–Kier alpha value is -0.180. The molecule has 0 aromatic heterocycles. The summed E-state index contributed by atoms with van der Waals surface area (Å²) in [5.41, 5.74) is 0. The summed E-state index contributed by atoms with van der Waals surface area (Å²) >= 11 is 8.12. The van der Waals surface area contributed by atoms with Gasteiger partial charge in [0, 0.05) is 16.7 Å². The van der Waals surface area contributed by atoms with E-state index in [1.807, 2.05) is 23.9 Å². The maximum absolute atomic E-state index is 6.24. The fraction of sp³-hybridized carbons (Fsp3) is 0.647. The highest BCUT2D eigenvalue weighted by atomic mass is 35.5. The molecular weight excluding hydrogens is 286 g/mol. The molecule has 0 heterocycles. The van der Waals surface area contributed by atoms with Gasteiger partial charge in [-0.15, -0.1) is 11.8 Å². The zero-order valence-electron chi connectivity index (χ0n) is 12.7. The molecule has 0 spiro atoms. The van der Waals surface area contributed by atoms with E-state index in [-0.39, 0.29) is 0 Å². The van der Waals surface area contributed by atoms with E-state index in [1.165, 1.54) is 24.2 Å². The van der Waals surface area contributed by atoms with Crippen molar-refractivity contribution in [3.8, 4) is 0 Å². The minimum atomic E-state index is 0.589. The van der Waals surface area contributed by atoms with Crippen molar-refractivity contribution in [2.24, 2.45) is 17.8 Å². The van der Waals surface area contributed by atoms with Crippen molar-refractivity contribution in [1.82, 2.24) is 5.32 Å². The van der Waals surface area contributed by atoms with Crippen LogP contribution in [0.1, 0.15) is 33.1 Å². The molecule has 3 heteroatoms. The number of rotatable bonds is 5. The molecule has 0 aliphatic heterocycles. The smallest absolute Gasteiger partial charge is 0.0541 e. The molecule has 20 heavy (non-hydrogen) atoms. The first kappa shape index (κ1) is 16.2. The second kappa shape index (κ2) is 7.72. The van der Waals surface area contributed by atoms with Gasteiger partial charge in [-0.05, 0) is 49.8 Å². The van der Waals surface area contributed by atoms with E-state index in [0.717, 1.165) is 28.5 Å². The summed E-state index contributed by atoms with van der Waals surface area (Å²) < 4.78 is 0. The summed E-state index contributed by atoms with van der Waals surface area (Å²) in [4.78, 5) is 1.20. The van der Waals surface area contributed by atoms with E-state index in [2.05, 4.69) is 38.3 Å². The van der Waals surface area contributed by atoms with Crippen LogP contribution in [0, 0.1) is 17.8 Å². The Labute approximate surface area is 132 Å². The van der Waals surface area contributed by atoms with Crippen LogP contribution >= 0.6 is 23.4 Å². The minimum Gasteiger partial charge on any atom is -0.316 e. The van der Waals surface area contributed by atoms with E-state index in [1.54, 1.807) is 0 Å². The summed E-state index contributed by atoms with van der Waals surface area (Å²) in [6.07, 6.45) is 4.09. The van der Waals surface area contributed by atoms with E-state index >= 15 is 0 Å². The topological polar surface area (TPSA) is 12.0 Å².